The molecule has 2 aromatic carbocycles. The zero-order chi connectivity index (χ0) is 20.8. The Labute approximate surface area is 176 Å². The Morgan fingerprint density at radius 1 is 1.10 bits per heavy atom. The number of nitrogens with zero attached hydrogens (tertiary/aromatic N) is 2. The second-order valence-corrected chi connectivity index (χ2v) is 7.58. The number of aryl methyl sites for hydroxylation is 1. The van der Waals surface area contributed by atoms with Crippen molar-refractivity contribution in [2.24, 2.45) is 0 Å². The molecule has 3 rings (SSSR count). The van der Waals surface area contributed by atoms with E-state index < -0.39 is 6.10 Å². The highest BCUT2D eigenvalue weighted by molar-refractivity contribution is 6.30. The Morgan fingerprint density at radius 2 is 1.83 bits per heavy atom. The lowest BCUT2D eigenvalue weighted by Gasteiger charge is -2.36. The number of anilines is 1. The highest BCUT2D eigenvalue weighted by atomic mass is 35.5. The molecule has 7 heteroatoms. The first-order valence-corrected chi connectivity index (χ1v) is 10.1. The van der Waals surface area contributed by atoms with Gasteiger partial charge in [0.05, 0.1) is 6.54 Å². The van der Waals surface area contributed by atoms with Crippen molar-refractivity contribution >= 4 is 29.1 Å². The van der Waals surface area contributed by atoms with Gasteiger partial charge in [-0.25, -0.2) is 0 Å². The van der Waals surface area contributed by atoms with Crippen molar-refractivity contribution in [1.82, 2.24) is 10.2 Å². The van der Waals surface area contributed by atoms with Crippen molar-refractivity contribution in [3.05, 3.63) is 59.1 Å². The minimum Gasteiger partial charge on any atom is -0.481 e. The van der Waals surface area contributed by atoms with Crippen LogP contribution in [0.5, 0.6) is 5.75 Å². The molecule has 2 amide bonds. The third kappa shape index (κ3) is 5.87. The summed E-state index contributed by atoms with van der Waals surface area (Å²) in [5, 5.41) is 3.38. The molecule has 0 radical (unpaired) electrons. The van der Waals surface area contributed by atoms with E-state index >= 15 is 0 Å². The van der Waals surface area contributed by atoms with Crippen LogP contribution in [0.15, 0.2) is 48.5 Å². The second kappa shape index (κ2) is 9.65. The van der Waals surface area contributed by atoms with Gasteiger partial charge < -0.3 is 19.9 Å². The van der Waals surface area contributed by atoms with E-state index in [-0.39, 0.29) is 18.4 Å². The fourth-order valence-corrected chi connectivity index (χ4v) is 3.44. The molecule has 1 saturated heterocycles. The Morgan fingerprint density at radius 3 is 2.52 bits per heavy atom. The third-order valence-corrected chi connectivity index (χ3v) is 5.13. The first kappa shape index (κ1) is 21.0. The topological polar surface area (TPSA) is 61.9 Å². The van der Waals surface area contributed by atoms with Gasteiger partial charge >= 0.3 is 0 Å². The van der Waals surface area contributed by atoms with E-state index in [1.807, 2.05) is 49.4 Å². The number of rotatable bonds is 6. The van der Waals surface area contributed by atoms with Crippen molar-refractivity contribution in [3.8, 4) is 5.75 Å². The number of carbonyl (C=O) groups is 2. The van der Waals surface area contributed by atoms with Crippen LogP contribution in [-0.2, 0) is 9.59 Å². The first-order chi connectivity index (χ1) is 13.9. The van der Waals surface area contributed by atoms with Crippen LogP contribution in [0.4, 0.5) is 5.69 Å². The van der Waals surface area contributed by atoms with E-state index in [4.69, 9.17) is 16.3 Å². The molecule has 6 nitrogen and oxygen atoms in total. The normalized spacial score (nSPS) is 15.0. The van der Waals surface area contributed by atoms with Crippen molar-refractivity contribution in [1.29, 1.82) is 0 Å². The zero-order valence-corrected chi connectivity index (χ0v) is 17.5. The van der Waals surface area contributed by atoms with Crippen molar-refractivity contribution in [2.75, 3.05) is 37.6 Å². The lowest BCUT2D eigenvalue weighted by Crippen LogP contribution is -2.52. The Balaban J connectivity index is 1.43. The monoisotopic (exact) mass is 415 g/mol. The molecule has 0 spiro atoms. The second-order valence-electron chi connectivity index (χ2n) is 7.14. The third-order valence-electron chi connectivity index (χ3n) is 4.89. The Kier molecular flexibility index (Phi) is 6.99. The number of carbonyl (C=O) groups excluding carboxylic acids is 2. The summed E-state index contributed by atoms with van der Waals surface area (Å²) in [5.41, 5.74) is 2.11. The summed E-state index contributed by atoms with van der Waals surface area (Å²) in [6, 6.07) is 15.2. The molecule has 1 aliphatic rings. The van der Waals surface area contributed by atoms with E-state index in [2.05, 4.69) is 10.2 Å². The fourth-order valence-electron chi connectivity index (χ4n) is 3.25. The van der Waals surface area contributed by atoms with E-state index in [1.165, 1.54) is 0 Å². The average molecular weight is 416 g/mol. The van der Waals surface area contributed by atoms with Crippen LogP contribution in [0.1, 0.15) is 12.5 Å². The molecule has 2 aromatic rings. The molecule has 1 fully saturated rings. The maximum absolute atomic E-state index is 12.5. The van der Waals surface area contributed by atoms with Crippen LogP contribution in [0.25, 0.3) is 0 Å². The molecule has 1 atom stereocenters. The summed E-state index contributed by atoms with van der Waals surface area (Å²) in [6.45, 7) is 6.28. The zero-order valence-electron chi connectivity index (χ0n) is 16.7. The average Bonchev–Trinajstić information content (AvgIpc) is 2.72. The van der Waals surface area contributed by atoms with Crippen molar-refractivity contribution < 1.29 is 14.3 Å². The van der Waals surface area contributed by atoms with Crippen LogP contribution >= 0.6 is 11.6 Å². The summed E-state index contributed by atoms with van der Waals surface area (Å²) >= 11 is 6.06. The van der Waals surface area contributed by atoms with Gasteiger partial charge in [0, 0.05) is 36.9 Å². The molecule has 29 heavy (non-hydrogen) atoms. The number of amides is 2. The molecule has 0 aliphatic carbocycles. The van der Waals surface area contributed by atoms with Gasteiger partial charge in [0.25, 0.3) is 5.91 Å². The van der Waals surface area contributed by atoms with Gasteiger partial charge in [0.2, 0.25) is 5.91 Å². The highest BCUT2D eigenvalue weighted by Gasteiger charge is 2.23. The van der Waals surface area contributed by atoms with Crippen molar-refractivity contribution in [3.63, 3.8) is 0 Å². The maximum atomic E-state index is 12.5. The molecule has 0 saturated carbocycles. The molecule has 0 aromatic heterocycles. The van der Waals surface area contributed by atoms with Gasteiger partial charge in [0.1, 0.15) is 5.75 Å². The SMILES string of the molecule is Cc1cccc(OC(C)C(=O)NCC(=O)N2CCN(c3cccc(Cl)c3)CC2)c1. The van der Waals surface area contributed by atoms with Crippen LogP contribution < -0.4 is 15.0 Å². The van der Waals surface area contributed by atoms with Gasteiger partial charge in [-0.1, -0.05) is 29.8 Å². The van der Waals surface area contributed by atoms with E-state index in [0.717, 1.165) is 24.3 Å². The standard InChI is InChI=1S/C22H26ClN3O3/c1-16-5-3-8-20(13-16)29-17(2)22(28)24-15-21(27)26-11-9-25(10-12-26)19-7-4-6-18(23)14-19/h3-8,13-14,17H,9-12,15H2,1-2H3,(H,24,28). The lowest BCUT2D eigenvalue weighted by molar-refractivity contribution is -0.134. The van der Waals surface area contributed by atoms with Gasteiger partial charge in [-0.3, -0.25) is 9.59 Å². The van der Waals surface area contributed by atoms with Crippen LogP contribution in [0, 0.1) is 6.92 Å². The number of hydrogen-bond acceptors (Lipinski definition) is 4. The largest absolute Gasteiger partial charge is 0.481 e. The number of ether oxygens (including phenoxy) is 1. The summed E-state index contributed by atoms with van der Waals surface area (Å²) < 4.78 is 5.65. The summed E-state index contributed by atoms with van der Waals surface area (Å²) in [6.07, 6.45) is -0.677. The number of nitrogens with one attached hydrogen (secondary N) is 1. The van der Waals surface area contributed by atoms with E-state index in [9.17, 15) is 9.59 Å². The number of piperazine rings is 1. The van der Waals surface area contributed by atoms with Crippen LogP contribution in [0.3, 0.4) is 0 Å². The fraction of sp³-hybridized carbons (Fsp3) is 0.364. The molecule has 154 valence electrons. The number of benzene rings is 2. The van der Waals surface area contributed by atoms with Gasteiger partial charge in [-0.2, -0.15) is 0 Å². The maximum Gasteiger partial charge on any atom is 0.261 e. The molecule has 0 bridgehead atoms. The van der Waals surface area contributed by atoms with Gasteiger partial charge in [-0.15, -0.1) is 0 Å². The molecular weight excluding hydrogens is 390 g/mol. The molecule has 1 heterocycles. The molecule has 1 aliphatic heterocycles. The smallest absolute Gasteiger partial charge is 0.261 e. The quantitative estimate of drug-likeness (QED) is 0.788. The van der Waals surface area contributed by atoms with Crippen LogP contribution in [-0.4, -0.2) is 55.5 Å². The first-order valence-electron chi connectivity index (χ1n) is 9.72. The highest BCUT2D eigenvalue weighted by Crippen LogP contribution is 2.20. The Hall–Kier alpha value is -2.73. The lowest BCUT2D eigenvalue weighted by atomic mass is 10.2. The van der Waals surface area contributed by atoms with Crippen LogP contribution in [0.2, 0.25) is 5.02 Å². The number of halogens is 1. The van der Waals surface area contributed by atoms with Crippen molar-refractivity contribution in [2.45, 2.75) is 20.0 Å². The number of hydrogen-bond donors (Lipinski definition) is 1. The van der Waals surface area contributed by atoms with E-state index in [0.29, 0.717) is 23.9 Å². The Bertz CT molecular complexity index is 866. The molecular formula is C22H26ClN3O3. The van der Waals surface area contributed by atoms with Gasteiger partial charge in [0.15, 0.2) is 6.10 Å². The van der Waals surface area contributed by atoms with E-state index in [1.54, 1.807) is 17.9 Å². The molecule has 1 N–H and O–H groups in total. The summed E-state index contributed by atoms with van der Waals surface area (Å²) in [5.74, 6) is 0.236. The summed E-state index contributed by atoms with van der Waals surface area (Å²) in [4.78, 5) is 28.7. The molecule has 1 unspecified atom stereocenters. The predicted octanol–water partition coefficient (Wildman–Crippen LogP) is 2.88. The van der Waals surface area contributed by atoms with Gasteiger partial charge in [-0.05, 0) is 49.7 Å². The minimum atomic E-state index is -0.677. The minimum absolute atomic E-state index is 0.0302. The predicted molar refractivity (Wildman–Crippen MR) is 115 cm³/mol. The summed E-state index contributed by atoms with van der Waals surface area (Å²) in [7, 11) is 0.